The van der Waals surface area contributed by atoms with E-state index in [-0.39, 0.29) is 0 Å². The largest absolute Gasteiger partial charge is 0.398 e. The Morgan fingerprint density at radius 3 is 2.78 bits per heavy atom. The van der Waals surface area contributed by atoms with Crippen molar-refractivity contribution in [1.82, 2.24) is 9.78 Å². The maximum atomic E-state index is 5.94. The van der Waals surface area contributed by atoms with Gasteiger partial charge in [0, 0.05) is 22.9 Å². The minimum absolute atomic E-state index is 0.831. The summed E-state index contributed by atoms with van der Waals surface area (Å²) in [5.41, 5.74) is 9.02. The molecule has 0 fully saturated rings. The van der Waals surface area contributed by atoms with Crippen LogP contribution in [-0.2, 0) is 12.3 Å². The third kappa shape index (κ3) is 2.72. The van der Waals surface area contributed by atoms with Crippen molar-refractivity contribution in [2.24, 2.45) is 0 Å². The Bertz CT molecular complexity index is 551. The van der Waals surface area contributed by atoms with Crippen LogP contribution in [0.3, 0.4) is 0 Å². The first-order chi connectivity index (χ1) is 8.63. The monoisotopic (exact) mass is 325 g/mol. The van der Waals surface area contributed by atoms with E-state index in [9.17, 15) is 0 Å². The van der Waals surface area contributed by atoms with E-state index in [4.69, 9.17) is 5.73 Å². The van der Waals surface area contributed by atoms with Crippen LogP contribution in [0.4, 0.5) is 5.69 Å². The maximum Gasteiger partial charge on any atom is 0.0739 e. The molecule has 2 N–H and O–H groups in total. The van der Waals surface area contributed by atoms with Gasteiger partial charge in [-0.25, -0.2) is 0 Å². The summed E-state index contributed by atoms with van der Waals surface area (Å²) in [6.07, 6.45) is 0. The number of benzene rings is 1. The van der Waals surface area contributed by atoms with Gasteiger partial charge in [-0.1, -0.05) is 12.1 Å². The van der Waals surface area contributed by atoms with Crippen molar-refractivity contribution in [1.29, 1.82) is 0 Å². The van der Waals surface area contributed by atoms with Crippen LogP contribution < -0.4 is 5.73 Å². The number of rotatable bonds is 4. The zero-order chi connectivity index (χ0) is 13.1. The van der Waals surface area contributed by atoms with Crippen molar-refractivity contribution in [2.45, 2.75) is 31.0 Å². The highest BCUT2D eigenvalue weighted by molar-refractivity contribution is 9.10. The summed E-state index contributed by atoms with van der Waals surface area (Å²) in [6.45, 7) is 5.00. The molecule has 0 saturated heterocycles. The number of aromatic nitrogens is 2. The van der Waals surface area contributed by atoms with Crippen LogP contribution in [0.5, 0.6) is 0 Å². The Kier molecular flexibility index (Phi) is 4.35. The van der Waals surface area contributed by atoms with Gasteiger partial charge in [-0.15, -0.1) is 11.8 Å². The Labute approximate surface area is 120 Å². The van der Waals surface area contributed by atoms with Crippen molar-refractivity contribution in [3.63, 3.8) is 0 Å². The smallest absolute Gasteiger partial charge is 0.0739 e. The minimum Gasteiger partial charge on any atom is -0.398 e. The molecular weight excluding hydrogens is 310 g/mol. The number of para-hydroxylation sites is 1. The van der Waals surface area contributed by atoms with Gasteiger partial charge in [-0.05, 0) is 41.9 Å². The van der Waals surface area contributed by atoms with Crippen LogP contribution in [0.15, 0.2) is 33.6 Å². The number of hydrogen-bond donors (Lipinski definition) is 1. The number of nitrogens with zero attached hydrogens (tertiary/aromatic N) is 2. The van der Waals surface area contributed by atoms with E-state index in [0.717, 1.165) is 33.0 Å². The van der Waals surface area contributed by atoms with E-state index in [1.165, 1.54) is 5.69 Å². The maximum absolute atomic E-state index is 5.94. The summed E-state index contributed by atoms with van der Waals surface area (Å²) in [6, 6.07) is 7.94. The lowest BCUT2D eigenvalue weighted by molar-refractivity contribution is 0.631. The van der Waals surface area contributed by atoms with Crippen molar-refractivity contribution in [3.8, 4) is 0 Å². The third-order valence-corrected chi connectivity index (χ3v) is 4.87. The van der Waals surface area contributed by atoms with E-state index in [2.05, 4.69) is 28.0 Å². The lowest BCUT2D eigenvalue weighted by Crippen LogP contribution is -2.01. The zero-order valence-corrected chi connectivity index (χ0v) is 12.9. The number of nitrogens with two attached hydrogens (primary N) is 1. The van der Waals surface area contributed by atoms with Crippen LogP contribution in [-0.4, -0.2) is 9.78 Å². The van der Waals surface area contributed by atoms with Gasteiger partial charge in [0.2, 0.25) is 0 Å². The summed E-state index contributed by atoms with van der Waals surface area (Å²) < 4.78 is 3.14. The Morgan fingerprint density at radius 2 is 2.11 bits per heavy atom. The Hall–Kier alpha value is -0.940. The highest BCUT2D eigenvalue weighted by Gasteiger charge is 2.12. The van der Waals surface area contributed by atoms with E-state index in [1.807, 2.05) is 35.9 Å². The number of anilines is 1. The molecule has 18 heavy (non-hydrogen) atoms. The number of thioether (sulfide) groups is 1. The van der Waals surface area contributed by atoms with E-state index >= 15 is 0 Å². The second kappa shape index (κ2) is 5.80. The van der Waals surface area contributed by atoms with Crippen LogP contribution in [0, 0.1) is 6.92 Å². The zero-order valence-electron chi connectivity index (χ0n) is 10.5. The SMILES string of the molecule is CCn1nc(C)c(Br)c1CSc1ccccc1N. The van der Waals surface area contributed by atoms with Crippen LogP contribution in [0.1, 0.15) is 18.3 Å². The molecule has 2 rings (SSSR count). The second-order valence-electron chi connectivity index (χ2n) is 3.99. The molecular formula is C13H16BrN3S. The number of nitrogen functional groups attached to an aromatic ring is 1. The molecule has 2 aromatic rings. The van der Waals surface area contributed by atoms with Crippen LogP contribution >= 0.6 is 27.7 Å². The van der Waals surface area contributed by atoms with Crippen LogP contribution in [0.2, 0.25) is 0 Å². The molecule has 1 heterocycles. The molecule has 0 unspecified atom stereocenters. The van der Waals surface area contributed by atoms with Crippen molar-refractivity contribution in [3.05, 3.63) is 40.1 Å². The molecule has 0 amide bonds. The van der Waals surface area contributed by atoms with Crippen molar-refractivity contribution in [2.75, 3.05) is 5.73 Å². The van der Waals surface area contributed by atoms with Crippen molar-refractivity contribution < 1.29 is 0 Å². The number of hydrogen-bond acceptors (Lipinski definition) is 3. The molecule has 1 aromatic carbocycles. The highest BCUT2D eigenvalue weighted by atomic mass is 79.9. The molecule has 96 valence electrons. The van der Waals surface area contributed by atoms with Gasteiger partial charge < -0.3 is 5.73 Å². The molecule has 0 aliphatic rings. The normalized spacial score (nSPS) is 10.8. The summed E-state index contributed by atoms with van der Waals surface area (Å²) >= 11 is 5.35. The van der Waals surface area contributed by atoms with Gasteiger partial charge in [-0.2, -0.15) is 5.10 Å². The second-order valence-corrected chi connectivity index (χ2v) is 5.80. The average molecular weight is 326 g/mol. The summed E-state index contributed by atoms with van der Waals surface area (Å²) in [7, 11) is 0. The summed E-state index contributed by atoms with van der Waals surface area (Å²) in [5.74, 6) is 0.865. The van der Waals surface area contributed by atoms with Gasteiger partial charge in [0.15, 0.2) is 0 Å². The van der Waals surface area contributed by atoms with Gasteiger partial charge in [0.1, 0.15) is 0 Å². The first-order valence-corrected chi connectivity index (χ1v) is 7.60. The topological polar surface area (TPSA) is 43.8 Å². The van der Waals surface area contributed by atoms with Gasteiger partial charge >= 0.3 is 0 Å². The van der Waals surface area contributed by atoms with Gasteiger partial charge in [-0.3, -0.25) is 4.68 Å². The fourth-order valence-corrected chi connectivity index (χ4v) is 3.37. The molecule has 3 nitrogen and oxygen atoms in total. The highest BCUT2D eigenvalue weighted by Crippen LogP contribution is 2.31. The summed E-state index contributed by atoms with van der Waals surface area (Å²) in [4.78, 5) is 1.12. The molecule has 0 saturated carbocycles. The minimum atomic E-state index is 0.831. The fourth-order valence-electron chi connectivity index (χ4n) is 1.76. The molecule has 5 heteroatoms. The molecule has 0 spiro atoms. The first-order valence-electron chi connectivity index (χ1n) is 5.82. The van der Waals surface area contributed by atoms with Crippen LogP contribution in [0.25, 0.3) is 0 Å². The molecule has 0 atom stereocenters. The molecule has 0 radical (unpaired) electrons. The van der Waals surface area contributed by atoms with E-state index in [1.54, 1.807) is 11.8 Å². The molecule has 1 aromatic heterocycles. The summed E-state index contributed by atoms with van der Waals surface area (Å²) in [5, 5.41) is 4.49. The molecule has 0 aliphatic carbocycles. The molecule has 0 aliphatic heterocycles. The third-order valence-electron chi connectivity index (χ3n) is 2.74. The fraction of sp³-hybridized carbons (Fsp3) is 0.308. The van der Waals surface area contributed by atoms with Crippen molar-refractivity contribution >= 4 is 33.4 Å². The predicted octanol–water partition coefficient (Wildman–Crippen LogP) is 3.85. The number of halogens is 1. The average Bonchev–Trinajstić information content (AvgIpc) is 2.65. The standard InChI is InChI=1S/C13H16BrN3S/c1-3-17-11(13(14)9(2)16-17)8-18-12-7-5-4-6-10(12)15/h4-7H,3,8,15H2,1-2H3. The lowest BCUT2D eigenvalue weighted by Gasteiger charge is -2.07. The first kappa shape index (κ1) is 13.5. The number of aryl methyl sites for hydroxylation is 2. The van der Waals surface area contributed by atoms with Gasteiger partial charge in [0.25, 0.3) is 0 Å². The van der Waals surface area contributed by atoms with E-state index in [0.29, 0.717) is 0 Å². The quantitative estimate of drug-likeness (QED) is 0.686. The molecule has 0 bridgehead atoms. The van der Waals surface area contributed by atoms with E-state index < -0.39 is 0 Å². The Morgan fingerprint density at radius 1 is 1.39 bits per heavy atom. The Balaban J connectivity index is 2.18. The van der Waals surface area contributed by atoms with Gasteiger partial charge in [0.05, 0.1) is 15.9 Å². The predicted molar refractivity (Wildman–Crippen MR) is 80.8 cm³/mol. The lowest BCUT2D eigenvalue weighted by atomic mass is 10.3.